The van der Waals surface area contributed by atoms with Crippen LogP contribution in [0.2, 0.25) is 0 Å². The second kappa shape index (κ2) is 10.1. The monoisotopic (exact) mass is 457 g/mol. The minimum atomic E-state index is -0.621. The van der Waals surface area contributed by atoms with Crippen molar-refractivity contribution < 1.29 is 19.1 Å². The molecule has 3 aliphatic rings. The third-order valence-electron chi connectivity index (χ3n) is 7.50. The molecule has 2 saturated heterocycles. The van der Waals surface area contributed by atoms with Crippen molar-refractivity contribution >= 4 is 17.7 Å². The Labute approximate surface area is 194 Å². The normalized spacial score (nSPS) is 27.0. The van der Waals surface area contributed by atoms with Gasteiger partial charge in [-0.3, -0.25) is 19.5 Å². The maximum atomic E-state index is 13.2. The molecule has 0 aromatic carbocycles. The number of fused-ring (bicyclic) bond motifs is 1. The summed E-state index contributed by atoms with van der Waals surface area (Å²) in [5, 5.41) is 13.1. The SMILES string of the molecule is CCc1[nH]nc(C(=O)N2CCC3(C/C=C/C[C@H]4COCC[C@@H]4NC(=O)CNC3=O)CC2)c1C. The summed E-state index contributed by atoms with van der Waals surface area (Å²) in [7, 11) is 0. The average Bonchev–Trinajstić information content (AvgIpc) is 3.20. The zero-order valence-corrected chi connectivity index (χ0v) is 19.6. The van der Waals surface area contributed by atoms with Crippen LogP contribution in [-0.4, -0.2) is 71.7 Å². The highest BCUT2D eigenvalue weighted by molar-refractivity contribution is 5.94. The van der Waals surface area contributed by atoms with Gasteiger partial charge in [-0.1, -0.05) is 19.1 Å². The van der Waals surface area contributed by atoms with Crippen LogP contribution in [0.5, 0.6) is 0 Å². The number of aryl methyl sites for hydroxylation is 1. The molecule has 9 nitrogen and oxygen atoms in total. The number of likely N-dealkylation sites (tertiary alicyclic amines) is 1. The summed E-state index contributed by atoms with van der Waals surface area (Å²) in [6.07, 6.45) is 8.31. The molecule has 0 saturated carbocycles. The number of nitrogens with zero attached hydrogens (tertiary/aromatic N) is 2. The molecule has 3 aliphatic heterocycles. The van der Waals surface area contributed by atoms with Crippen molar-refractivity contribution in [2.75, 3.05) is 32.8 Å². The van der Waals surface area contributed by atoms with Gasteiger partial charge >= 0.3 is 0 Å². The van der Waals surface area contributed by atoms with E-state index in [0.717, 1.165) is 30.5 Å². The predicted molar refractivity (Wildman–Crippen MR) is 123 cm³/mol. The molecule has 0 bridgehead atoms. The van der Waals surface area contributed by atoms with Crippen LogP contribution < -0.4 is 10.6 Å². The maximum Gasteiger partial charge on any atom is 0.274 e. The first-order valence-electron chi connectivity index (χ1n) is 12.1. The Morgan fingerprint density at radius 3 is 2.79 bits per heavy atom. The first-order valence-corrected chi connectivity index (χ1v) is 12.1. The summed E-state index contributed by atoms with van der Waals surface area (Å²) in [5.74, 6) is -0.115. The summed E-state index contributed by atoms with van der Waals surface area (Å²) in [4.78, 5) is 40.5. The van der Waals surface area contributed by atoms with E-state index in [1.165, 1.54) is 0 Å². The average molecular weight is 458 g/mol. The Bertz CT molecular complexity index is 916. The molecular weight excluding hydrogens is 422 g/mol. The Morgan fingerprint density at radius 1 is 1.27 bits per heavy atom. The highest BCUT2D eigenvalue weighted by Gasteiger charge is 2.42. The molecule has 0 aliphatic carbocycles. The van der Waals surface area contributed by atoms with Gasteiger partial charge in [0.15, 0.2) is 5.69 Å². The standard InChI is InChI=1S/C24H35N5O4/c1-3-18-16(2)21(28-27-18)22(31)29-11-9-24(10-12-29)8-5-4-6-17-15-33-13-7-19(17)26-20(30)14-25-23(24)32/h4-5,17,19H,3,6-15H2,1-2H3,(H,25,32)(H,26,30)(H,27,28)/b5-4+/t17-,19-/m0/s1. The highest BCUT2D eigenvalue weighted by atomic mass is 16.5. The minimum absolute atomic E-state index is 0.0245. The molecule has 180 valence electrons. The number of aromatic nitrogens is 2. The molecule has 4 heterocycles. The van der Waals surface area contributed by atoms with E-state index in [-0.39, 0.29) is 36.2 Å². The number of ether oxygens (including phenoxy) is 1. The lowest BCUT2D eigenvalue weighted by molar-refractivity contribution is -0.135. The van der Waals surface area contributed by atoms with E-state index in [1.54, 1.807) is 4.90 Å². The number of carbonyl (C=O) groups excluding carboxylic acids is 3. The number of amides is 3. The van der Waals surface area contributed by atoms with Crippen LogP contribution >= 0.6 is 0 Å². The molecule has 1 spiro atoms. The van der Waals surface area contributed by atoms with Gasteiger partial charge in [-0.05, 0) is 45.4 Å². The minimum Gasteiger partial charge on any atom is -0.381 e. The fourth-order valence-corrected chi connectivity index (χ4v) is 5.20. The van der Waals surface area contributed by atoms with Gasteiger partial charge in [-0.15, -0.1) is 0 Å². The Hall–Kier alpha value is -2.68. The van der Waals surface area contributed by atoms with E-state index in [1.807, 2.05) is 13.8 Å². The van der Waals surface area contributed by atoms with E-state index in [9.17, 15) is 14.4 Å². The fraction of sp³-hybridized carbons (Fsp3) is 0.667. The third kappa shape index (κ3) is 4.98. The van der Waals surface area contributed by atoms with E-state index >= 15 is 0 Å². The van der Waals surface area contributed by atoms with Crippen molar-refractivity contribution in [3.63, 3.8) is 0 Å². The predicted octanol–water partition coefficient (Wildman–Crippen LogP) is 1.49. The van der Waals surface area contributed by atoms with Gasteiger partial charge < -0.3 is 20.3 Å². The summed E-state index contributed by atoms with van der Waals surface area (Å²) in [5.41, 5.74) is 1.71. The number of aromatic amines is 1. The summed E-state index contributed by atoms with van der Waals surface area (Å²) in [6.45, 7) is 6.17. The Balaban J connectivity index is 1.45. The van der Waals surface area contributed by atoms with Gasteiger partial charge in [-0.2, -0.15) is 5.10 Å². The second-order valence-electron chi connectivity index (χ2n) is 9.49. The number of rotatable bonds is 2. The van der Waals surface area contributed by atoms with Crippen molar-refractivity contribution in [2.24, 2.45) is 11.3 Å². The van der Waals surface area contributed by atoms with E-state index < -0.39 is 5.41 Å². The van der Waals surface area contributed by atoms with Crippen LogP contribution in [0.3, 0.4) is 0 Å². The van der Waals surface area contributed by atoms with Crippen molar-refractivity contribution in [1.82, 2.24) is 25.7 Å². The second-order valence-corrected chi connectivity index (χ2v) is 9.49. The van der Waals surface area contributed by atoms with Gasteiger partial charge in [-0.25, -0.2) is 0 Å². The molecule has 33 heavy (non-hydrogen) atoms. The van der Waals surface area contributed by atoms with Crippen LogP contribution in [0.4, 0.5) is 0 Å². The first kappa shape index (κ1) is 23.5. The van der Waals surface area contributed by atoms with Crippen molar-refractivity contribution in [1.29, 1.82) is 0 Å². The molecule has 0 radical (unpaired) electrons. The summed E-state index contributed by atoms with van der Waals surface area (Å²) in [6, 6.07) is 0.0779. The Morgan fingerprint density at radius 2 is 2.06 bits per heavy atom. The summed E-state index contributed by atoms with van der Waals surface area (Å²) < 4.78 is 5.61. The van der Waals surface area contributed by atoms with E-state index in [0.29, 0.717) is 51.3 Å². The van der Waals surface area contributed by atoms with Crippen LogP contribution in [0.25, 0.3) is 0 Å². The van der Waals surface area contributed by atoms with Crippen LogP contribution in [-0.2, 0) is 20.7 Å². The Kier molecular flexibility index (Phi) is 7.17. The molecular formula is C24H35N5O4. The zero-order chi connectivity index (χ0) is 23.4. The van der Waals surface area contributed by atoms with Crippen molar-refractivity contribution in [2.45, 2.75) is 58.4 Å². The van der Waals surface area contributed by atoms with Gasteiger partial charge in [0, 0.05) is 42.9 Å². The smallest absolute Gasteiger partial charge is 0.274 e. The van der Waals surface area contributed by atoms with Gasteiger partial charge in [0.2, 0.25) is 11.8 Å². The number of piperidine rings is 1. The molecule has 4 rings (SSSR count). The van der Waals surface area contributed by atoms with E-state index in [2.05, 4.69) is 33.0 Å². The van der Waals surface area contributed by atoms with Crippen LogP contribution in [0.15, 0.2) is 12.2 Å². The van der Waals surface area contributed by atoms with Gasteiger partial charge in [0.05, 0.1) is 18.6 Å². The number of H-pyrrole nitrogens is 1. The lowest BCUT2D eigenvalue weighted by Crippen LogP contribution is -2.53. The van der Waals surface area contributed by atoms with Gasteiger partial charge in [0.25, 0.3) is 5.91 Å². The van der Waals surface area contributed by atoms with E-state index in [4.69, 9.17) is 4.74 Å². The summed E-state index contributed by atoms with van der Waals surface area (Å²) >= 11 is 0. The molecule has 3 N–H and O–H groups in total. The number of hydrogen-bond donors (Lipinski definition) is 3. The zero-order valence-electron chi connectivity index (χ0n) is 19.6. The highest BCUT2D eigenvalue weighted by Crippen LogP contribution is 2.37. The van der Waals surface area contributed by atoms with Gasteiger partial charge in [0.1, 0.15) is 0 Å². The molecule has 1 aromatic heterocycles. The van der Waals surface area contributed by atoms with Crippen molar-refractivity contribution in [3.05, 3.63) is 29.1 Å². The lowest BCUT2D eigenvalue weighted by Gasteiger charge is -2.40. The van der Waals surface area contributed by atoms with Crippen LogP contribution in [0, 0.1) is 18.3 Å². The molecule has 2 atom stereocenters. The van der Waals surface area contributed by atoms with Crippen molar-refractivity contribution in [3.8, 4) is 0 Å². The fourth-order valence-electron chi connectivity index (χ4n) is 5.20. The van der Waals surface area contributed by atoms with Crippen LogP contribution in [0.1, 0.15) is 60.8 Å². The molecule has 9 heteroatoms. The largest absolute Gasteiger partial charge is 0.381 e. The first-order chi connectivity index (χ1) is 15.9. The lowest BCUT2D eigenvalue weighted by atomic mass is 9.74. The number of nitrogens with one attached hydrogen (secondary N) is 3. The molecule has 0 unspecified atom stereocenters. The molecule has 3 amide bonds. The molecule has 1 aromatic rings. The number of hydrogen-bond acceptors (Lipinski definition) is 5. The quantitative estimate of drug-likeness (QED) is 0.582. The molecule has 2 fully saturated rings. The maximum absolute atomic E-state index is 13.2. The third-order valence-corrected chi connectivity index (χ3v) is 7.50. The topological polar surface area (TPSA) is 116 Å². The number of carbonyl (C=O) groups is 3. The number of allylic oxidation sites excluding steroid dienone is 2.